The number of halogens is 1. The number of fused-ring (bicyclic) bond motifs is 1. The molecule has 0 unspecified atom stereocenters. The SMILES string of the molecule is COc1cc2nccc(Oc3ncc(NC(=O)CN(Cc4ccccc4)C(=O)O)cc3Cl)c2cc1OC. The van der Waals surface area contributed by atoms with E-state index < -0.39 is 12.0 Å². The van der Waals surface area contributed by atoms with Crippen molar-refractivity contribution in [3.63, 3.8) is 0 Å². The Hall–Kier alpha value is -4.57. The number of rotatable bonds is 9. The summed E-state index contributed by atoms with van der Waals surface area (Å²) >= 11 is 6.38. The van der Waals surface area contributed by atoms with E-state index in [1.54, 1.807) is 48.7 Å². The summed E-state index contributed by atoms with van der Waals surface area (Å²) in [6.45, 7) is -0.291. The third-order valence-corrected chi connectivity index (χ3v) is 5.60. The third kappa shape index (κ3) is 6.17. The molecule has 10 nitrogen and oxygen atoms in total. The van der Waals surface area contributed by atoms with Crippen LogP contribution in [0.5, 0.6) is 23.1 Å². The van der Waals surface area contributed by atoms with Crippen molar-refractivity contribution in [1.82, 2.24) is 14.9 Å². The zero-order chi connectivity index (χ0) is 26.4. The van der Waals surface area contributed by atoms with Crippen molar-refractivity contribution in [3.05, 3.63) is 77.6 Å². The molecule has 2 heterocycles. The van der Waals surface area contributed by atoms with Crippen LogP contribution >= 0.6 is 11.6 Å². The quantitative estimate of drug-likeness (QED) is 0.307. The predicted molar refractivity (Wildman–Crippen MR) is 138 cm³/mol. The molecule has 2 amide bonds. The number of nitrogens with one attached hydrogen (secondary N) is 1. The number of benzene rings is 2. The maximum Gasteiger partial charge on any atom is 0.408 e. The summed E-state index contributed by atoms with van der Waals surface area (Å²) in [7, 11) is 3.07. The standard InChI is InChI=1S/C26H23ClN4O6/c1-35-22-11-18-20(12-23(22)36-2)28-9-8-21(18)37-25-19(27)10-17(13-29-25)30-24(32)15-31(26(33)34)14-16-6-4-3-5-7-16/h3-13H,14-15H2,1-2H3,(H,30,32)(H,33,34). The molecule has 0 saturated heterocycles. The van der Waals surface area contributed by atoms with Crippen LogP contribution in [-0.2, 0) is 11.3 Å². The van der Waals surface area contributed by atoms with E-state index in [0.29, 0.717) is 33.8 Å². The second kappa shape index (κ2) is 11.4. The number of anilines is 1. The van der Waals surface area contributed by atoms with Gasteiger partial charge in [-0.1, -0.05) is 41.9 Å². The Balaban J connectivity index is 1.47. The van der Waals surface area contributed by atoms with Gasteiger partial charge < -0.3 is 24.6 Å². The highest BCUT2D eigenvalue weighted by atomic mass is 35.5. The number of aromatic nitrogens is 2. The number of hydrogen-bond acceptors (Lipinski definition) is 7. The fraction of sp³-hybridized carbons (Fsp3) is 0.154. The summed E-state index contributed by atoms with van der Waals surface area (Å²) in [6.07, 6.45) is 1.74. The Bertz CT molecular complexity index is 1430. The average Bonchev–Trinajstić information content (AvgIpc) is 2.89. The Morgan fingerprint density at radius 1 is 1.00 bits per heavy atom. The average molecular weight is 523 g/mol. The van der Waals surface area contributed by atoms with Gasteiger partial charge in [-0.05, 0) is 23.8 Å². The van der Waals surface area contributed by atoms with E-state index >= 15 is 0 Å². The summed E-state index contributed by atoms with van der Waals surface area (Å²) < 4.78 is 16.6. The third-order valence-electron chi connectivity index (χ3n) is 5.33. The molecule has 0 radical (unpaired) electrons. The smallest absolute Gasteiger partial charge is 0.408 e. The molecule has 4 rings (SSSR count). The lowest BCUT2D eigenvalue weighted by Crippen LogP contribution is -2.36. The van der Waals surface area contributed by atoms with Crippen molar-refractivity contribution in [1.29, 1.82) is 0 Å². The molecule has 2 aromatic heterocycles. The number of carbonyl (C=O) groups excluding carboxylic acids is 1. The summed E-state index contributed by atoms with van der Waals surface area (Å²) in [5.41, 5.74) is 1.68. The van der Waals surface area contributed by atoms with Crippen LogP contribution in [0, 0.1) is 0 Å². The maximum atomic E-state index is 12.5. The molecule has 0 atom stereocenters. The van der Waals surface area contributed by atoms with Gasteiger partial charge in [0.05, 0.1) is 31.6 Å². The minimum atomic E-state index is -1.21. The molecule has 0 aliphatic carbocycles. The number of amides is 2. The number of pyridine rings is 2. The monoisotopic (exact) mass is 522 g/mol. The number of carboxylic acid groups (broad SMARTS) is 1. The molecule has 190 valence electrons. The van der Waals surface area contributed by atoms with Gasteiger partial charge in [-0.2, -0.15) is 0 Å². The number of carbonyl (C=O) groups is 2. The van der Waals surface area contributed by atoms with E-state index in [0.717, 1.165) is 10.5 Å². The first-order chi connectivity index (χ1) is 17.9. The first kappa shape index (κ1) is 25.5. The zero-order valence-electron chi connectivity index (χ0n) is 20.0. The van der Waals surface area contributed by atoms with Gasteiger partial charge >= 0.3 is 6.09 Å². The van der Waals surface area contributed by atoms with Crippen molar-refractivity contribution in [3.8, 4) is 23.1 Å². The molecule has 0 spiro atoms. The lowest BCUT2D eigenvalue weighted by atomic mass is 10.2. The van der Waals surface area contributed by atoms with Gasteiger partial charge in [-0.3, -0.25) is 14.7 Å². The summed E-state index contributed by atoms with van der Waals surface area (Å²) in [4.78, 5) is 33.7. The van der Waals surface area contributed by atoms with Gasteiger partial charge in [-0.25, -0.2) is 9.78 Å². The van der Waals surface area contributed by atoms with E-state index in [4.69, 9.17) is 25.8 Å². The highest BCUT2D eigenvalue weighted by molar-refractivity contribution is 6.32. The normalized spacial score (nSPS) is 10.6. The summed E-state index contributed by atoms with van der Waals surface area (Å²) in [5.74, 6) is 1.05. The molecule has 11 heteroatoms. The first-order valence-electron chi connectivity index (χ1n) is 11.0. The zero-order valence-corrected chi connectivity index (χ0v) is 20.7. The van der Waals surface area contributed by atoms with E-state index in [2.05, 4.69) is 15.3 Å². The Morgan fingerprint density at radius 3 is 2.41 bits per heavy atom. The highest BCUT2D eigenvalue weighted by Crippen LogP contribution is 2.38. The van der Waals surface area contributed by atoms with Crippen molar-refractivity contribution < 1.29 is 28.9 Å². The molecule has 0 saturated carbocycles. The summed E-state index contributed by atoms with van der Waals surface area (Å²) in [6, 6.07) is 15.6. The molecule has 37 heavy (non-hydrogen) atoms. The van der Waals surface area contributed by atoms with E-state index in [1.165, 1.54) is 26.5 Å². The lowest BCUT2D eigenvalue weighted by molar-refractivity contribution is -0.117. The van der Waals surface area contributed by atoms with Crippen molar-refractivity contribution in [2.24, 2.45) is 0 Å². The number of methoxy groups -OCH3 is 2. The van der Waals surface area contributed by atoms with Crippen molar-refractivity contribution >= 4 is 40.2 Å². The van der Waals surface area contributed by atoms with Gasteiger partial charge in [0, 0.05) is 24.2 Å². The second-order valence-electron chi connectivity index (χ2n) is 7.82. The van der Waals surface area contributed by atoms with Crippen LogP contribution in [0.1, 0.15) is 5.56 Å². The number of hydrogen-bond donors (Lipinski definition) is 2. The Labute approximate surface area is 217 Å². The van der Waals surface area contributed by atoms with Crippen LogP contribution in [0.4, 0.5) is 10.5 Å². The van der Waals surface area contributed by atoms with Gasteiger partial charge in [0.2, 0.25) is 11.8 Å². The van der Waals surface area contributed by atoms with E-state index in [-0.39, 0.29) is 24.0 Å². The van der Waals surface area contributed by atoms with Crippen LogP contribution in [0.2, 0.25) is 5.02 Å². The molecular weight excluding hydrogens is 500 g/mol. The van der Waals surface area contributed by atoms with Gasteiger partial charge in [0.15, 0.2) is 11.5 Å². The van der Waals surface area contributed by atoms with Gasteiger partial charge in [0.1, 0.15) is 17.3 Å². The minimum Gasteiger partial charge on any atom is -0.493 e. The fourth-order valence-corrected chi connectivity index (χ4v) is 3.78. The molecule has 0 fully saturated rings. The largest absolute Gasteiger partial charge is 0.493 e. The van der Waals surface area contributed by atoms with Crippen molar-refractivity contribution in [2.75, 3.05) is 26.1 Å². The van der Waals surface area contributed by atoms with Crippen molar-refractivity contribution in [2.45, 2.75) is 6.54 Å². The Morgan fingerprint density at radius 2 is 1.73 bits per heavy atom. The molecule has 0 aliphatic rings. The first-order valence-corrected chi connectivity index (χ1v) is 11.4. The molecule has 2 aromatic carbocycles. The molecule has 0 aliphatic heterocycles. The molecular formula is C26H23ClN4O6. The highest BCUT2D eigenvalue weighted by Gasteiger charge is 2.18. The van der Waals surface area contributed by atoms with E-state index in [9.17, 15) is 14.7 Å². The van der Waals surface area contributed by atoms with Gasteiger partial charge in [-0.15, -0.1) is 0 Å². The van der Waals surface area contributed by atoms with Crippen LogP contribution < -0.4 is 19.5 Å². The van der Waals surface area contributed by atoms with Crippen LogP contribution in [-0.4, -0.2) is 52.7 Å². The minimum absolute atomic E-state index is 0.0753. The molecule has 0 bridgehead atoms. The fourth-order valence-electron chi connectivity index (χ4n) is 3.58. The lowest BCUT2D eigenvalue weighted by Gasteiger charge is -2.19. The predicted octanol–water partition coefficient (Wildman–Crippen LogP) is 5.21. The van der Waals surface area contributed by atoms with Crippen LogP contribution in [0.3, 0.4) is 0 Å². The number of ether oxygens (including phenoxy) is 3. The van der Waals surface area contributed by atoms with E-state index in [1.807, 2.05) is 6.07 Å². The summed E-state index contributed by atoms with van der Waals surface area (Å²) in [5, 5.41) is 12.9. The molecule has 2 N–H and O–H groups in total. The van der Waals surface area contributed by atoms with Gasteiger partial charge in [0.25, 0.3) is 0 Å². The Kier molecular flexibility index (Phi) is 7.89. The topological polar surface area (TPSA) is 123 Å². The van der Waals surface area contributed by atoms with Crippen LogP contribution in [0.25, 0.3) is 10.9 Å². The molecule has 4 aromatic rings. The number of nitrogens with zero attached hydrogens (tertiary/aromatic N) is 3. The second-order valence-corrected chi connectivity index (χ2v) is 8.23. The maximum absolute atomic E-state index is 12.5. The van der Waals surface area contributed by atoms with Crippen LogP contribution in [0.15, 0.2) is 67.0 Å².